The van der Waals surface area contributed by atoms with E-state index in [1.54, 1.807) is 6.20 Å². The van der Waals surface area contributed by atoms with Crippen LogP contribution < -0.4 is 21.3 Å². The van der Waals surface area contributed by atoms with Crippen molar-refractivity contribution in [3.8, 4) is 6.07 Å². The SMILES string of the molecule is N#Cc1ccc2c(c1)C[C@H](NC(=O)NC1CCC(Nc3nccc(Nc4cc([C@H]5CCOC5)[nH]n4)n3)CC1)C2. The number of aromatic amines is 1. The van der Waals surface area contributed by atoms with Gasteiger partial charge in [-0.15, -0.1) is 0 Å². The summed E-state index contributed by atoms with van der Waals surface area (Å²) in [4.78, 5) is 21.7. The molecule has 0 spiro atoms. The number of urea groups is 1. The summed E-state index contributed by atoms with van der Waals surface area (Å²) in [6.45, 7) is 1.52. The van der Waals surface area contributed by atoms with Crippen LogP contribution in [0.2, 0.25) is 0 Å². The van der Waals surface area contributed by atoms with Crippen molar-refractivity contribution in [3.63, 3.8) is 0 Å². The molecule has 1 saturated heterocycles. The van der Waals surface area contributed by atoms with Gasteiger partial charge in [0, 0.05) is 48.6 Å². The van der Waals surface area contributed by atoms with Crippen molar-refractivity contribution in [2.75, 3.05) is 23.8 Å². The van der Waals surface area contributed by atoms with Gasteiger partial charge in [0.15, 0.2) is 5.82 Å². The van der Waals surface area contributed by atoms with Gasteiger partial charge in [0.2, 0.25) is 5.95 Å². The highest BCUT2D eigenvalue weighted by atomic mass is 16.5. The molecule has 3 heterocycles. The van der Waals surface area contributed by atoms with Crippen molar-refractivity contribution in [1.82, 2.24) is 30.8 Å². The van der Waals surface area contributed by atoms with Crippen LogP contribution in [0, 0.1) is 11.3 Å². The number of nitriles is 1. The van der Waals surface area contributed by atoms with Crippen LogP contribution in [0.15, 0.2) is 36.5 Å². The molecule has 0 radical (unpaired) electrons. The van der Waals surface area contributed by atoms with E-state index in [0.717, 1.165) is 75.2 Å². The van der Waals surface area contributed by atoms with E-state index in [-0.39, 0.29) is 24.2 Å². The molecule has 5 N–H and O–H groups in total. The molecule has 0 unspecified atom stereocenters. The zero-order chi connectivity index (χ0) is 26.6. The number of nitrogens with zero attached hydrogens (tertiary/aromatic N) is 4. The van der Waals surface area contributed by atoms with Crippen molar-refractivity contribution < 1.29 is 9.53 Å². The van der Waals surface area contributed by atoms with Crippen molar-refractivity contribution in [2.24, 2.45) is 0 Å². The molecule has 2 amide bonds. The molecule has 3 aromatic rings. The Morgan fingerprint density at radius 3 is 2.62 bits per heavy atom. The third-order valence-electron chi connectivity index (χ3n) is 7.88. The molecule has 6 rings (SSSR count). The van der Waals surface area contributed by atoms with Gasteiger partial charge in [-0.3, -0.25) is 5.10 Å². The summed E-state index contributed by atoms with van der Waals surface area (Å²) in [5, 5.41) is 29.5. The number of aromatic nitrogens is 4. The molecule has 2 fully saturated rings. The summed E-state index contributed by atoms with van der Waals surface area (Å²) in [5.41, 5.74) is 4.10. The number of hydrogen-bond donors (Lipinski definition) is 5. The van der Waals surface area contributed by atoms with Gasteiger partial charge < -0.3 is 26.0 Å². The van der Waals surface area contributed by atoms with E-state index in [4.69, 9.17) is 10.00 Å². The summed E-state index contributed by atoms with van der Waals surface area (Å²) in [6, 6.07) is 12.1. The lowest BCUT2D eigenvalue weighted by Crippen LogP contribution is -2.48. The minimum absolute atomic E-state index is 0.0646. The quantitative estimate of drug-likeness (QED) is 0.313. The predicted molar refractivity (Wildman–Crippen MR) is 146 cm³/mol. The average Bonchev–Trinajstić information content (AvgIpc) is 3.70. The maximum atomic E-state index is 12.6. The second kappa shape index (κ2) is 11.3. The third kappa shape index (κ3) is 6.12. The highest BCUT2D eigenvalue weighted by molar-refractivity contribution is 5.75. The maximum absolute atomic E-state index is 12.6. The molecule has 11 nitrogen and oxygen atoms in total. The first-order valence-corrected chi connectivity index (χ1v) is 13.7. The molecule has 1 aliphatic heterocycles. The molecule has 11 heteroatoms. The number of benzene rings is 1. The molecule has 3 aliphatic rings. The van der Waals surface area contributed by atoms with Crippen LogP contribution in [-0.2, 0) is 17.6 Å². The van der Waals surface area contributed by atoms with Crippen LogP contribution in [-0.4, -0.2) is 57.5 Å². The minimum Gasteiger partial charge on any atom is -0.381 e. The number of H-pyrrole nitrogens is 1. The molecule has 2 atom stereocenters. The Labute approximate surface area is 227 Å². The van der Waals surface area contributed by atoms with Crippen molar-refractivity contribution in [1.29, 1.82) is 5.26 Å². The third-order valence-corrected chi connectivity index (χ3v) is 7.88. The van der Waals surface area contributed by atoms with Gasteiger partial charge in [-0.25, -0.2) is 9.78 Å². The smallest absolute Gasteiger partial charge is 0.315 e. The average molecular weight is 528 g/mol. The molecule has 202 valence electrons. The van der Waals surface area contributed by atoms with E-state index >= 15 is 0 Å². The topological polar surface area (TPSA) is 153 Å². The number of amides is 2. The van der Waals surface area contributed by atoms with Gasteiger partial charge in [-0.05, 0) is 74.3 Å². The highest BCUT2D eigenvalue weighted by Gasteiger charge is 2.26. The predicted octanol–water partition coefficient (Wildman–Crippen LogP) is 3.51. The van der Waals surface area contributed by atoms with E-state index in [1.165, 1.54) is 5.56 Å². The fourth-order valence-corrected chi connectivity index (χ4v) is 5.79. The molecular weight excluding hydrogens is 494 g/mol. The lowest BCUT2D eigenvalue weighted by molar-refractivity contribution is 0.193. The van der Waals surface area contributed by atoms with E-state index < -0.39 is 0 Å². The summed E-state index contributed by atoms with van der Waals surface area (Å²) < 4.78 is 5.47. The normalized spacial score (nSPS) is 24.0. The Balaban J connectivity index is 0.941. The van der Waals surface area contributed by atoms with Gasteiger partial charge >= 0.3 is 6.03 Å². The number of carbonyl (C=O) groups excluding carboxylic acids is 1. The summed E-state index contributed by atoms with van der Waals surface area (Å²) in [6.07, 6.45) is 7.92. The van der Waals surface area contributed by atoms with Crippen LogP contribution in [0.4, 0.5) is 22.4 Å². The second-order valence-electron chi connectivity index (χ2n) is 10.7. The number of carbonyl (C=O) groups is 1. The van der Waals surface area contributed by atoms with E-state index in [1.807, 2.05) is 30.3 Å². The Bertz CT molecular complexity index is 1350. The fourth-order valence-electron chi connectivity index (χ4n) is 5.79. The molecule has 39 heavy (non-hydrogen) atoms. The molecule has 2 aromatic heterocycles. The number of anilines is 3. The standard InChI is InChI=1S/C28H33N9O2/c29-15-17-1-2-18-12-23(13-20(18)11-17)33-28(38)32-22-5-3-21(4-6-22)31-27-30-9-7-25(35-27)34-26-14-24(36-37-26)19-8-10-39-16-19/h1-2,7,9,11,14,19,21-23H,3-6,8,10,12-13,16H2,(H2,32,33,38)(H3,30,31,34,35,36,37)/t19-,21?,22?,23+/m0/s1. The number of fused-ring (bicyclic) bond motifs is 1. The van der Waals surface area contributed by atoms with Crippen molar-refractivity contribution >= 4 is 23.6 Å². The zero-order valence-corrected chi connectivity index (χ0v) is 21.7. The van der Waals surface area contributed by atoms with E-state index in [9.17, 15) is 4.79 Å². The maximum Gasteiger partial charge on any atom is 0.315 e. The zero-order valence-electron chi connectivity index (χ0n) is 21.7. The molecule has 0 bridgehead atoms. The fraction of sp³-hybridized carbons (Fsp3) is 0.464. The summed E-state index contributed by atoms with van der Waals surface area (Å²) >= 11 is 0. The second-order valence-corrected chi connectivity index (χ2v) is 10.7. The number of nitrogens with one attached hydrogen (secondary N) is 5. The monoisotopic (exact) mass is 527 g/mol. The van der Waals surface area contributed by atoms with Crippen LogP contribution >= 0.6 is 0 Å². The largest absolute Gasteiger partial charge is 0.381 e. The highest BCUT2D eigenvalue weighted by Crippen LogP contribution is 2.27. The Hall–Kier alpha value is -4.17. The number of ether oxygens (including phenoxy) is 1. The molecular formula is C28H33N9O2. The first-order chi connectivity index (χ1) is 19.1. The summed E-state index contributed by atoms with van der Waals surface area (Å²) in [7, 11) is 0. The van der Waals surface area contributed by atoms with E-state index in [0.29, 0.717) is 23.2 Å². The van der Waals surface area contributed by atoms with E-state index in [2.05, 4.69) is 47.5 Å². The summed E-state index contributed by atoms with van der Waals surface area (Å²) in [5.74, 6) is 2.34. The lowest BCUT2D eigenvalue weighted by atomic mass is 9.91. The van der Waals surface area contributed by atoms with Crippen molar-refractivity contribution in [2.45, 2.75) is 69.0 Å². The molecule has 1 aromatic carbocycles. The van der Waals surface area contributed by atoms with Gasteiger partial charge in [0.25, 0.3) is 0 Å². The van der Waals surface area contributed by atoms with Crippen LogP contribution in [0.25, 0.3) is 0 Å². The van der Waals surface area contributed by atoms with Crippen molar-refractivity contribution in [3.05, 3.63) is 58.9 Å². The molecule has 1 saturated carbocycles. The first kappa shape index (κ1) is 25.1. The van der Waals surface area contributed by atoms with Crippen LogP contribution in [0.3, 0.4) is 0 Å². The number of rotatable bonds is 7. The minimum atomic E-state index is -0.117. The van der Waals surface area contributed by atoms with Gasteiger partial charge in [-0.1, -0.05) is 6.07 Å². The lowest BCUT2D eigenvalue weighted by Gasteiger charge is -2.30. The van der Waals surface area contributed by atoms with Gasteiger partial charge in [0.1, 0.15) is 5.82 Å². The Morgan fingerprint density at radius 2 is 1.79 bits per heavy atom. The Morgan fingerprint density at radius 1 is 0.974 bits per heavy atom. The molecule has 2 aliphatic carbocycles. The van der Waals surface area contributed by atoms with Crippen LogP contribution in [0.5, 0.6) is 0 Å². The first-order valence-electron chi connectivity index (χ1n) is 13.7. The Kier molecular flexibility index (Phi) is 7.27. The van der Waals surface area contributed by atoms with Gasteiger partial charge in [-0.2, -0.15) is 15.3 Å². The number of hydrogen-bond acceptors (Lipinski definition) is 8. The van der Waals surface area contributed by atoms with Gasteiger partial charge in [0.05, 0.1) is 18.2 Å². The van der Waals surface area contributed by atoms with Crippen LogP contribution in [0.1, 0.15) is 60.4 Å².